The van der Waals surface area contributed by atoms with E-state index in [0.29, 0.717) is 43.1 Å². The third-order valence-corrected chi connectivity index (χ3v) is 5.91. The molecule has 1 unspecified atom stereocenters. The van der Waals surface area contributed by atoms with Gasteiger partial charge in [0.25, 0.3) is 0 Å². The van der Waals surface area contributed by atoms with E-state index < -0.39 is 6.10 Å². The Morgan fingerprint density at radius 3 is 2.52 bits per heavy atom. The summed E-state index contributed by atoms with van der Waals surface area (Å²) >= 11 is 5.92. The van der Waals surface area contributed by atoms with Crippen LogP contribution in [0.4, 0.5) is 9.18 Å². The lowest BCUT2D eigenvalue weighted by Crippen LogP contribution is -2.44. The quantitative estimate of drug-likeness (QED) is 0.618. The number of piperidine rings is 1. The smallest absolute Gasteiger partial charge is 0.317 e. The predicted molar refractivity (Wildman–Crippen MR) is 116 cm³/mol. The number of aliphatic hydroxyl groups excluding tert-OH is 1. The molecule has 0 spiro atoms. The van der Waals surface area contributed by atoms with Crippen LogP contribution in [0.3, 0.4) is 0 Å². The van der Waals surface area contributed by atoms with Gasteiger partial charge in [-0.3, -0.25) is 0 Å². The maximum atomic E-state index is 13.1. The van der Waals surface area contributed by atoms with Crippen molar-refractivity contribution < 1.29 is 14.3 Å². The van der Waals surface area contributed by atoms with Crippen LogP contribution in [-0.2, 0) is 6.54 Å². The van der Waals surface area contributed by atoms with E-state index in [1.807, 2.05) is 18.3 Å². The number of urea groups is 1. The largest absolute Gasteiger partial charge is 0.388 e. The second-order valence-electron chi connectivity index (χ2n) is 7.75. The van der Waals surface area contributed by atoms with Gasteiger partial charge in [-0.15, -0.1) is 0 Å². The molecule has 1 aromatic heterocycles. The van der Waals surface area contributed by atoms with Crippen LogP contribution in [0.25, 0.3) is 5.69 Å². The van der Waals surface area contributed by atoms with E-state index in [4.69, 9.17) is 11.6 Å². The molecule has 2 aromatic carbocycles. The molecule has 1 fully saturated rings. The van der Waals surface area contributed by atoms with Crippen LogP contribution in [0.15, 0.2) is 60.9 Å². The second kappa shape index (κ2) is 9.49. The zero-order valence-corrected chi connectivity index (χ0v) is 17.7. The van der Waals surface area contributed by atoms with Crippen molar-refractivity contribution in [3.05, 3.63) is 82.9 Å². The Morgan fingerprint density at radius 2 is 1.84 bits per heavy atom. The van der Waals surface area contributed by atoms with E-state index in [1.54, 1.807) is 40.0 Å². The molecule has 4 rings (SSSR count). The number of amides is 2. The van der Waals surface area contributed by atoms with Crippen LogP contribution in [0.1, 0.15) is 30.1 Å². The van der Waals surface area contributed by atoms with Gasteiger partial charge < -0.3 is 15.3 Å². The molecular formula is C23H24ClFN4O2. The van der Waals surface area contributed by atoms with E-state index in [9.17, 15) is 14.3 Å². The third kappa shape index (κ3) is 5.24. The zero-order valence-electron chi connectivity index (χ0n) is 16.9. The van der Waals surface area contributed by atoms with Crippen LogP contribution < -0.4 is 5.32 Å². The number of carbonyl (C=O) groups excluding carboxylic acids is 1. The standard InChI is InChI=1S/C23H24ClFN4O2/c24-19-3-7-21(8-4-19)29-15-16(14-27-29)13-26-23(31)28-11-9-18(10-12-28)22(30)17-1-5-20(25)6-2-17/h1-8,14-15,18,22,30H,9-13H2,(H,26,31). The molecule has 0 radical (unpaired) electrons. The van der Waals surface area contributed by atoms with Gasteiger partial charge in [0.1, 0.15) is 5.82 Å². The molecular weight excluding hydrogens is 419 g/mol. The van der Waals surface area contributed by atoms with Crippen molar-refractivity contribution in [2.75, 3.05) is 13.1 Å². The number of nitrogens with one attached hydrogen (secondary N) is 1. The van der Waals surface area contributed by atoms with Gasteiger partial charge in [0, 0.05) is 36.4 Å². The molecule has 2 amide bonds. The lowest BCUT2D eigenvalue weighted by molar-refractivity contribution is 0.0664. The molecule has 2 heterocycles. The van der Waals surface area contributed by atoms with Gasteiger partial charge in [-0.25, -0.2) is 13.9 Å². The summed E-state index contributed by atoms with van der Waals surface area (Å²) in [4.78, 5) is 14.3. The summed E-state index contributed by atoms with van der Waals surface area (Å²) in [6, 6.07) is 13.2. The summed E-state index contributed by atoms with van der Waals surface area (Å²) in [7, 11) is 0. The van der Waals surface area contributed by atoms with Crippen LogP contribution in [-0.4, -0.2) is 38.9 Å². The first-order valence-corrected chi connectivity index (χ1v) is 10.6. The van der Waals surface area contributed by atoms with E-state index in [1.165, 1.54) is 12.1 Å². The molecule has 1 saturated heterocycles. The number of aromatic nitrogens is 2. The molecule has 1 atom stereocenters. The molecule has 162 valence electrons. The third-order valence-electron chi connectivity index (χ3n) is 5.66. The van der Waals surface area contributed by atoms with Crippen LogP contribution in [0, 0.1) is 11.7 Å². The van der Waals surface area contributed by atoms with E-state index in [-0.39, 0.29) is 17.8 Å². The van der Waals surface area contributed by atoms with Gasteiger partial charge >= 0.3 is 6.03 Å². The molecule has 0 bridgehead atoms. The Bertz CT molecular complexity index is 1010. The topological polar surface area (TPSA) is 70.4 Å². The average Bonchev–Trinajstić information content (AvgIpc) is 3.27. The molecule has 1 aliphatic rings. The van der Waals surface area contributed by atoms with Crippen molar-refractivity contribution in [3.8, 4) is 5.69 Å². The van der Waals surface area contributed by atoms with Crippen LogP contribution >= 0.6 is 11.6 Å². The van der Waals surface area contributed by atoms with Gasteiger partial charge in [-0.1, -0.05) is 23.7 Å². The fraction of sp³-hybridized carbons (Fsp3) is 0.304. The number of rotatable bonds is 5. The van der Waals surface area contributed by atoms with Gasteiger partial charge in [0.15, 0.2) is 0 Å². The van der Waals surface area contributed by atoms with E-state index >= 15 is 0 Å². The summed E-state index contributed by atoms with van der Waals surface area (Å²) in [5.74, 6) is -0.270. The van der Waals surface area contributed by atoms with Crippen molar-refractivity contribution in [1.29, 1.82) is 0 Å². The molecule has 3 aromatic rings. The number of hydrogen-bond donors (Lipinski definition) is 2. The summed E-state index contributed by atoms with van der Waals surface area (Å²) in [5.41, 5.74) is 2.50. The molecule has 2 N–H and O–H groups in total. The SMILES string of the molecule is O=C(NCc1cnn(-c2ccc(Cl)cc2)c1)N1CCC(C(O)c2ccc(F)cc2)CC1. The molecule has 0 aliphatic carbocycles. The number of aliphatic hydroxyl groups is 1. The normalized spacial score (nSPS) is 15.6. The predicted octanol–water partition coefficient (Wildman–Crippen LogP) is 4.32. The van der Waals surface area contributed by atoms with E-state index in [2.05, 4.69) is 10.4 Å². The highest BCUT2D eigenvalue weighted by Crippen LogP contribution is 2.30. The first-order chi connectivity index (χ1) is 15.0. The number of benzene rings is 2. The highest BCUT2D eigenvalue weighted by Gasteiger charge is 2.28. The number of nitrogens with zero attached hydrogens (tertiary/aromatic N) is 3. The zero-order chi connectivity index (χ0) is 21.8. The molecule has 1 aliphatic heterocycles. The monoisotopic (exact) mass is 442 g/mol. The van der Waals surface area contributed by atoms with Gasteiger partial charge in [0.2, 0.25) is 0 Å². The van der Waals surface area contributed by atoms with Gasteiger partial charge in [-0.05, 0) is 60.7 Å². The Hall–Kier alpha value is -2.90. The fourth-order valence-corrected chi connectivity index (χ4v) is 3.95. The fourth-order valence-electron chi connectivity index (χ4n) is 3.83. The van der Waals surface area contributed by atoms with Crippen LogP contribution in [0.2, 0.25) is 5.02 Å². The van der Waals surface area contributed by atoms with Crippen molar-refractivity contribution in [2.45, 2.75) is 25.5 Å². The first-order valence-electron chi connectivity index (χ1n) is 10.3. The maximum absolute atomic E-state index is 13.1. The minimum absolute atomic E-state index is 0.0483. The Labute approximate surface area is 185 Å². The number of hydrogen-bond acceptors (Lipinski definition) is 3. The van der Waals surface area contributed by atoms with Crippen molar-refractivity contribution in [3.63, 3.8) is 0 Å². The average molecular weight is 443 g/mol. The Balaban J connectivity index is 1.26. The molecule has 6 nitrogen and oxygen atoms in total. The highest BCUT2D eigenvalue weighted by molar-refractivity contribution is 6.30. The maximum Gasteiger partial charge on any atom is 0.317 e. The summed E-state index contributed by atoms with van der Waals surface area (Å²) < 4.78 is 14.8. The number of carbonyl (C=O) groups is 1. The van der Waals surface area contributed by atoms with Crippen molar-refractivity contribution in [1.82, 2.24) is 20.0 Å². The van der Waals surface area contributed by atoms with Gasteiger partial charge in [-0.2, -0.15) is 5.10 Å². The van der Waals surface area contributed by atoms with E-state index in [0.717, 1.165) is 11.3 Å². The summed E-state index contributed by atoms with van der Waals surface area (Å²) in [6.45, 7) is 1.52. The summed E-state index contributed by atoms with van der Waals surface area (Å²) in [6.07, 6.45) is 4.33. The minimum Gasteiger partial charge on any atom is -0.388 e. The summed E-state index contributed by atoms with van der Waals surface area (Å²) in [5, 5.41) is 18.5. The van der Waals surface area contributed by atoms with Gasteiger partial charge in [0.05, 0.1) is 18.0 Å². The number of likely N-dealkylation sites (tertiary alicyclic amines) is 1. The van der Waals surface area contributed by atoms with Crippen LogP contribution in [0.5, 0.6) is 0 Å². The second-order valence-corrected chi connectivity index (χ2v) is 8.19. The molecule has 31 heavy (non-hydrogen) atoms. The molecule has 8 heteroatoms. The Kier molecular flexibility index (Phi) is 6.53. The lowest BCUT2D eigenvalue weighted by Gasteiger charge is -2.34. The van der Waals surface area contributed by atoms with Crippen molar-refractivity contribution >= 4 is 17.6 Å². The number of halogens is 2. The highest BCUT2D eigenvalue weighted by atomic mass is 35.5. The lowest BCUT2D eigenvalue weighted by atomic mass is 9.87. The first kappa shape index (κ1) is 21.3. The van der Waals surface area contributed by atoms with Crippen molar-refractivity contribution in [2.24, 2.45) is 5.92 Å². The Morgan fingerprint density at radius 1 is 1.16 bits per heavy atom. The minimum atomic E-state index is -0.649. The molecule has 0 saturated carbocycles.